The molecule has 1 aliphatic carbocycles. The number of nitro groups is 1. The summed E-state index contributed by atoms with van der Waals surface area (Å²) < 4.78 is 10.0. The smallest absolute Gasteiger partial charge is 0.302 e. The van der Waals surface area contributed by atoms with E-state index in [0.717, 1.165) is 0 Å². The van der Waals surface area contributed by atoms with Gasteiger partial charge >= 0.3 is 5.54 Å². The summed E-state index contributed by atoms with van der Waals surface area (Å²) in [7, 11) is 0. The Labute approximate surface area is 78.9 Å². The second-order valence-electron chi connectivity index (χ2n) is 3.07. The monoisotopic (exact) mass is 197 g/mol. The number of nitrogens with zero attached hydrogens (tertiary/aromatic N) is 1. The van der Waals surface area contributed by atoms with E-state index >= 15 is 0 Å². The lowest BCUT2D eigenvalue weighted by atomic mass is 9.92. The number of ether oxygens (including phenoxy) is 2. The standard InChI is InChI=1S/C8H7NO5/c10-4-8(9(11)12)2-1-6-7(3-8)14-5-13-6/h1-2,4H,3,5H2. The van der Waals surface area contributed by atoms with Crippen molar-refractivity contribution < 1.29 is 19.2 Å². The summed E-state index contributed by atoms with van der Waals surface area (Å²) in [5, 5.41) is 10.7. The fourth-order valence-electron chi connectivity index (χ4n) is 1.38. The minimum absolute atomic E-state index is 0.0572. The molecule has 0 aromatic rings. The summed E-state index contributed by atoms with van der Waals surface area (Å²) >= 11 is 0. The molecule has 0 N–H and O–H groups in total. The molecule has 0 saturated heterocycles. The first-order chi connectivity index (χ1) is 6.68. The normalized spacial score (nSPS) is 29.1. The first-order valence-corrected chi connectivity index (χ1v) is 3.97. The van der Waals surface area contributed by atoms with E-state index in [2.05, 4.69) is 0 Å². The molecule has 6 heteroatoms. The molecule has 14 heavy (non-hydrogen) atoms. The minimum atomic E-state index is -1.69. The van der Waals surface area contributed by atoms with Gasteiger partial charge in [0.05, 0.1) is 6.42 Å². The SMILES string of the molecule is O=CC1([N+](=O)[O-])C=CC2=C(C1)OCO2. The van der Waals surface area contributed by atoms with E-state index in [-0.39, 0.29) is 13.2 Å². The second kappa shape index (κ2) is 2.83. The molecule has 2 aliphatic rings. The Morgan fingerprint density at radius 3 is 3.00 bits per heavy atom. The van der Waals surface area contributed by atoms with E-state index < -0.39 is 10.5 Å². The highest BCUT2D eigenvalue weighted by Crippen LogP contribution is 2.32. The van der Waals surface area contributed by atoms with Crippen LogP contribution in [-0.4, -0.2) is 23.5 Å². The lowest BCUT2D eigenvalue weighted by Gasteiger charge is -2.17. The quantitative estimate of drug-likeness (QED) is 0.363. The van der Waals surface area contributed by atoms with Gasteiger partial charge in [0.25, 0.3) is 0 Å². The number of carbonyl (C=O) groups is 1. The van der Waals surface area contributed by atoms with Gasteiger partial charge in [-0.2, -0.15) is 0 Å². The molecule has 0 amide bonds. The van der Waals surface area contributed by atoms with E-state index in [1.807, 2.05) is 0 Å². The van der Waals surface area contributed by atoms with Gasteiger partial charge < -0.3 is 9.47 Å². The maximum atomic E-state index is 10.7. The van der Waals surface area contributed by atoms with Crippen molar-refractivity contribution in [3.63, 3.8) is 0 Å². The van der Waals surface area contributed by atoms with Gasteiger partial charge in [-0.25, -0.2) is 0 Å². The van der Waals surface area contributed by atoms with Crippen LogP contribution < -0.4 is 0 Å². The number of hydrogen-bond acceptors (Lipinski definition) is 5. The molecular formula is C8H7NO5. The largest absolute Gasteiger partial charge is 0.458 e. The van der Waals surface area contributed by atoms with Crippen LogP contribution in [0.15, 0.2) is 23.7 Å². The Morgan fingerprint density at radius 2 is 2.36 bits per heavy atom. The molecule has 0 aromatic carbocycles. The molecule has 0 radical (unpaired) electrons. The van der Waals surface area contributed by atoms with Crippen LogP contribution in [0.4, 0.5) is 0 Å². The fraction of sp³-hybridized carbons (Fsp3) is 0.375. The molecule has 0 saturated carbocycles. The lowest BCUT2D eigenvalue weighted by Crippen LogP contribution is -2.39. The number of rotatable bonds is 2. The molecule has 1 aliphatic heterocycles. The summed E-state index contributed by atoms with van der Waals surface area (Å²) in [6, 6.07) is 0. The predicted octanol–water partition coefficient (Wildman–Crippen LogP) is 0.377. The van der Waals surface area contributed by atoms with Crippen molar-refractivity contribution >= 4 is 6.29 Å². The maximum Gasteiger partial charge on any atom is 0.302 e. The fourth-order valence-corrected chi connectivity index (χ4v) is 1.38. The zero-order valence-corrected chi connectivity index (χ0v) is 7.13. The third kappa shape index (κ3) is 1.07. The van der Waals surface area contributed by atoms with Crippen molar-refractivity contribution in [2.24, 2.45) is 0 Å². The molecule has 1 atom stereocenters. The van der Waals surface area contributed by atoms with Crippen molar-refractivity contribution in [3.8, 4) is 0 Å². The predicted molar refractivity (Wildman–Crippen MR) is 43.6 cm³/mol. The van der Waals surface area contributed by atoms with Crippen LogP contribution >= 0.6 is 0 Å². The van der Waals surface area contributed by atoms with Crippen molar-refractivity contribution in [1.82, 2.24) is 0 Å². The van der Waals surface area contributed by atoms with Crippen LogP contribution in [0.1, 0.15) is 6.42 Å². The van der Waals surface area contributed by atoms with Crippen molar-refractivity contribution in [2.75, 3.05) is 6.79 Å². The molecule has 1 heterocycles. The molecule has 0 spiro atoms. The molecule has 0 bridgehead atoms. The summed E-state index contributed by atoms with van der Waals surface area (Å²) in [6.07, 6.45) is 2.88. The van der Waals surface area contributed by atoms with Crippen LogP contribution in [0.3, 0.4) is 0 Å². The average Bonchev–Trinajstić information content (AvgIpc) is 2.63. The van der Waals surface area contributed by atoms with Crippen LogP contribution in [0.2, 0.25) is 0 Å². The van der Waals surface area contributed by atoms with Crippen LogP contribution in [-0.2, 0) is 14.3 Å². The van der Waals surface area contributed by atoms with Gasteiger partial charge in [-0.15, -0.1) is 0 Å². The van der Waals surface area contributed by atoms with Crippen molar-refractivity contribution in [1.29, 1.82) is 0 Å². The Morgan fingerprint density at radius 1 is 1.57 bits per heavy atom. The van der Waals surface area contributed by atoms with Gasteiger partial charge in [-0.3, -0.25) is 14.9 Å². The Bertz CT molecular complexity index is 359. The van der Waals surface area contributed by atoms with Gasteiger partial charge in [0.2, 0.25) is 13.1 Å². The van der Waals surface area contributed by atoms with Gasteiger partial charge in [0, 0.05) is 11.0 Å². The Kier molecular flexibility index (Phi) is 1.77. The first-order valence-electron chi connectivity index (χ1n) is 3.97. The van der Waals surface area contributed by atoms with Gasteiger partial charge in [0.15, 0.2) is 11.5 Å². The number of carbonyl (C=O) groups excluding carboxylic acids is 1. The molecule has 74 valence electrons. The third-order valence-corrected chi connectivity index (χ3v) is 2.23. The lowest BCUT2D eigenvalue weighted by molar-refractivity contribution is -0.536. The second-order valence-corrected chi connectivity index (χ2v) is 3.07. The van der Waals surface area contributed by atoms with E-state index in [4.69, 9.17) is 9.47 Å². The zero-order chi connectivity index (χ0) is 10.2. The van der Waals surface area contributed by atoms with E-state index in [1.54, 1.807) is 0 Å². The number of aldehydes is 1. The molecule has 2 rings (SSSR count). The first kappa shape index (κ1) is 8.74. The third-order valence-electron chi connectivity index (χ3n) is 2.23. The molecular weight excluding hydrogens is 190 g/mol. The minimum Gasteiger partial charge on any atom is -0.458 e. The van der Waals surface area contributed by atoms with Crippen LogP contribution in [0.5, 0.6) is 0 Å². The highest BCUT2D eigenvalue weighted by molar-refractivity contribution is 5.67. The van der Waals surface area contributed by atoms with E-state index in [0.29, 0.717) is 17.8 Å². The van der Waals surface area contributed by atoms with E-state index in [1.165, 1.54) is 12.2 Å². The molecule has 6 nitrogen and oxygen atoms in total. The highest BCUT2D eigenvalue weighted by atomic mass is 16.7. The summed E-state index contributed by atoms with van der Waals surface area (Å²) in [6.45, 7) is 0.0572. The van der Waals surface area contributed by atoms with Crippen molar-refractivity contribution in [3.05, 3.63) is 33.8 Å². The number of hydrogen-bond donors (Lipinski definition) is 0. The van der Waals surface area contributed by atoms with Crippen LogP contribution in [0, 0.1) is 10.1 Å². The number of allylic oxidation sites excluding steroid dienone is 1. The van der Waals surface area contributed by atoms with Crippen LogP contribution in [0.25, 0.3) is 0 Å². The Hall–Kier alpha value is -1.85. The van der Waals surface area contributed by atoms with Gasteiger partial charge in [0.1, 0.15) is 0 Å². The maximum absolute atomic E-state index is 10.7. The summed E-state index contributed by atoms with van der Waals surface area (Å²) in [5.41, 5.74) is -1.69. The highest BCUT2D eigenvalue weighted by Gasteiger charge is 2.45. The zero-order valence-electron chi connectivity index (χ0n) is 7.13. The summed E-state index contributed by atoms with van der Waals surface area (Å²) in [4.78, 5) is 20.8. The average molecular weight is 197 g/mol. The topological polar surface area (TPSA) is 78.7 Å². The molecule has 1 unspecified atom stereocenters. The molecule has 0 fully saturated rings. The Balaban J connectivity index is 2.33. The van der Waals surface area contributed by atoms with Gasteiger partial charge in [-0.1, -0.05) is 0 Å². The van der Waals surface area contributed by atoms with E-state index in [9.17, 15) is 14.9 Å². The van der Waals surface area contributed by atoms with Crippen molar-refractivity contribution in [2.45, 2.75) is 12.0 Å². The molecule has 0 aromatic heterocycles. The summed E-state index contributed by atoms with van der Waals surface area (Å²) in [5.74, 6) is 0.848. The van der Waals surface area contributed by atoms with Gasteiger partial charge in [-0.05, 0) is 6.08 Å².